The third kappa shape index (κ3) is 16.4. The molecule has 0 bridgehead atoms. The summed E-state index contributed by atoms with van der Waals surface area (Å²) in [5.41, 5.74) is 7.64. The van der Waals surface area contributed by atoms with Gasteiger partial charge in [-0.3, -0.25) is 4.79 Å². The number of nitrogens with zero attached hydrogens (tertiary/aromatic N) is 3. The number of esters is 1. The van der Waals surface area contributed by atoms with Crippen LogP contribution in [-0.2, 0) is 19.1 Å². The summed E-state index contributed by atoms with van der Waals surface area (Å²) in [4.78, 5) is 46.5. The molecule has 0 radical (unpaired) electrons. The quantitative estimate of drug-likeness (QED) is 0.0373. The molecule has 0 saturated heterocycles. The zero-order valence-electron chi connectivity index (χ0n) is 38.7. The van der Waals surface area contributed by atoms with Crippen LogP contribution in [-0.4, -0.2) is 24.1 Å². The summed E-state index contributed by atoms with van der Waals surface area (Å²) in [5.74, 6) is -0.957. The van der Waals surface area contributed by atoms with Crippen LogP contribution in [0.15, 0.2) is 199 Å². The van der Waals surface area contributed by atoms with Gasteiger partial charge in [0.2, 0.25) is 11.4 Å². The number of ether oxygens (including phenoxy) is 1. The van der Waals surface area contributed by atoms with Crippen LogP contribution in [0.4, 0.5) is 0 Å². The van der Waals surface area contributed by atoms with Crippen molar-refractivity contribution in [3.05, 3.63) is 267 Å². The van der Waals surface area contributed by atoms with E-state index in [9.17, 15) is 14.4 Å². The van der Waals surface area contributed by atoms with E-state index in [2.05, 4.69) is 21.5 Å². The van der Waals surface area contributed by atoms with E-state index in [0.29, 0.717) is 23.3 Å². The summed E-state index contributed by atoms with van der Waals surface area (Å²) in [7, 11) is 0. The number of allylic oxidation sites excluding steroid dienone is 2. The topological polar surface area (TPSA) is 73.5 Å². The van der Waals surface area contributed by atoms with Gasteiger partial charge in [-0.2, -0.15) is 0 Å². The molecule has 0 unspecified atom stereocenters. The number of unbranched alkanes of at least 4 members (excludes halogenated alkanes) is 7. The molecule has 0 aliphatic carbocycles. The SMILES string of the molecule is [C-]#[N+]C(C(=O)OCCCCCCCCCC)=C(c1ccccc1)c1ccccc1.[C-]#[N+]C(C(C)=O)=C(c1ccccc1)c1ccccc1.[C-]#[N+]C(C(C)=O)=C(c1ccccc1)c1ccccc1. The summed E-state index contributed by atoms with van der Waals surface area (Å²) in [6.45, 7) is 27.6. The number of benzene rings is 6. The minimum Gasteiger partial charge on any atom is -0.471 e. The van der Waals surface area contributed by atoms with Gasteiger partial charge in [0.1, 0.15) is 0 Å². The first-order valence-corrected chi connectivity index (χ1v) is 22.6. The molecule has 7 nitrogen and oxygen atoms in total. The van der Waals surface area contributed by atoms with Crippen molar-refractivity contribution in [3.63, 3.8) is 0 Å². The molecule has 0 fully saturated rings. The van der Waals surface area contributed by atoms with Crippen LogP contribution in [0.2, 0.25) is 0 Å². The molecule has 0 aromatic heterocycles. The minimum atomic E-state index is -0.536. The van der Waals surface area contributed by atoms with Crippen LogP contribution in [0.1, 0.15) is 106 Å². The highest BCUT2D eigenvalue weighted by Crippen LogP contribution is 2.31. The number of hydrogen-bond acceptors (Lipinski definition) is 4. The highest BCUT2D eigenvalue weighted by molar-refractivity contribution is 6.07. The highest BCUT2D eigenvalue weighted by atomic mass is 16.5. The molecule has 67 heavy (non-hydrogen) atoms. The predicted octanol–water partition coefficient (Wildman–Crippen LogP) is 15.0. The summed E-state index contributed by atoms with van der Waals surface area (Å²) in [6, 6.07) is 57.3. The lowest BCUT2D eigenvalue weighted by Gasteiger charge is -2.12. The maximum absolute atomic E-state index is 12.7. The fraction of sp³-hybridized carbons (Fsp3) is 0.200. The van der Waals surface area contributed by atoms with Gasteiger partial charge in [-0.25, -0.2) is 14.5 Å². The lowest BCUT2D eigenvalue weighted by atomic mass is 9.95. The number of Topliss-reactive ketones (excluding diaryl/α,β-unsaturated/α-hetero) is 2. The van der Waals surface area contributed by atoms with E-state index in [-0.39, 0.29) is 28.7 Å². The molecule has 0 heterocycles. The number of rotatable bonds is 18. The van der Waals surface area contributed by atoms with Gasteiger partial charge in [-0.05, 0) is 64.8 Å². The summed E-state index contributed by atoms with van der Waals surface area (Å²) in [5, 5.41) is 0. The van der Waals surface area contributed by atoms with Gasteiger partial charge in [-0.15, -0.1) is 0 Å². The Morgan fingerprint density at radius 2 is 0.612 bits per heavy atom. The zero-order valence-corrected chi connectivity index (χ0v) is 38.7. The van der Waals surface area contributed by atoms with E-state index < -0.39 is 5.97 Å². The summed E-state index contributed by atoms with van der Waals surface area (Å²) < 4.78 is 5.45. The fourth-order valence-corrected chi connectivity index (χ4v) is 7.24. The van der Waals surface area contributed by atoms with Crippen molar-refractivity contribution < 1.29 is 19.1 Å². The second-order valence-corrected chi connectivity index (χ2v) is 15.4. The number of carbonyl (C=O) groups is 3. The Morgan fingerprint density at radius 3 is 0.851 bits per heavy atom. The highest BCUT2D eigenvalue weighted by Gasteiger charge is 2.21. The maximum atomic E-state index is 12.7. The van der Waals surface area contributed by atoms with Gasteiger partial charge in [0.25, 0.3) is 5.70 Å². The van der Waals surface area contributed by atoms with Crippen molar-refractivity contribution in [1.29, 1.82) is 0 Å². The van der Waals surface area contributed by atoms with Gasteiger partial charge in [-0.1, -0.05) is 234 Å². The van der Waals surface area contributed by atoms with Crippen molar-refractivity contribution in [2.75, 3.05) is 6.61 Å². The maximum Gasteiger partial charge on any atom is 0.336 e. The first-order chi connectivity index (χ1) is 32.7. The smallest absolute Gasteiger partial charge is 0.336 e. The van der Waals surface area contributed by atoms with Gasteiger partial charge >= 0.3 is 5.97 Å². The molecular weight excluding hydrogens is 827 g/mol. The molecular formula is C60H57N3O4. The molecule has 0 N–H and O–H groups in total. The third-order valence-electron chi connectivity index (χ3n) is 10.5. The minimum absolute atomic E-state index is 0.0435. The lowest BCUT2D eigenvalue weighted by Crippen LogP contribution is -2.09. The van der Waals surface area contributed by atoms with E-state index in [1.165, 1.54) is 52.4 Å². The molecule has 6 rings (SSSR count). The van der Waals surface area contributed by atoms with Crippen LogP contribution in [0.3, 0.4) is 0 Å². The Bertz CT molecular complexity index is 2460. The van der Waals surface area contributed by atoms with Gasteiger partial charge in [0, 0.05) is 5.57 Å². The molecule has 0 saturated carbocycles. The van der Waals surface area contributed by atoms with Gasteiger partial charge in [0.05, 0.1) is 26.3 Å². The summed E-state index contributed by atoms with van der Waals surface area (Å²) >= 11 is 0. The number of ketones is 2. The molecule has 0 spiro atoms. The Labute approximate surface area is 397 Å². The monoisotopic (exact) mass is 883 g/mol. The van der Waals surface area contributed by atoms with Crippen molar-refractivity contribution in [2.45, 2.75) is 72.1 Å². The van der Waals surface area contributed by atoms with Crippen molar-refractivity contribution >= 4 is 34.3 Å². The number of hydrogen-bond donors (Lipinski definition) is 0. The third-order valence-corrected chi connectivity index (χ3v) is 10.5. The molecule has 7 heteroatoms. The fourth-order valence-electron chi connectivity index (χ4n) is 7.24. The first kappa shape index (κ1) is 51.5. The van der Waals surface area contributed by atoms with Gasteiger partial charge in [0.15, 0.2) is 11.6 Å². The van der Waals surface area contributed by atoms with E-state index in [4.69, 9.17) is 24.5 Å². The molecule has 0 atom stereocenters. The predicted molar refractivity (Wildman–Crippen MR) is 271 cm³/mol. The Morgan fingerprint density at radius 1 is 0.373 bits per heavy atom. The Kier molecular flexibility index (Phi) is 22.5. The second-order valence-electron chi connectivity index (χ2n) is 15.4. The van der Waals surface area contributed by atoms with Gasteiger partial charge < -0.3 is 14.3 Å². The lowest BCUT2D eigenvalue weighted by molar-refractivity contribution is -0.138. The summed E-state index contributed by atoms with van der Waals surface area (Å²) in [6.07, 6.45) is 9.49. The normalized spacial score (nSPS) is 9.79. The molecule has 0 aliphatic rings. The Balaban J connectivity index is 0.000000227. The van der Waals surface area contributed by atoms with E-state index in [0.717, 1.165) is 46.2 Å². The second kappa shape index (κ2) is 29.3. The van der Waals surface area contributed by atoms with Crippen LogP contribution in [0, 0.1) is 19.7 Å². The van der Waals surface area contributed by atoms with E-state index in [1.807, 2.05) is 182 Å². The van der Waals surface area contributed by atoms with Crippen LogP contribution < -0.4 is 0 Å². The van der Waals surface area contributed by atoms with Crippen molar-refractivity contribution in [3.8, 4) is 0 Å². The van der Waals surface area contributed by atoms with Crippen LogP contribution >= 0.6 is 0 Å². The Hall–Kier alpha value is -8.18. The van der Waals surface area contributed by atoms with Crippen LogP contribution in [0.5, 0.6) is 0 Å². The molecule has 6 aromatic carbocycles. The first-order valence-electron chi connectivity index (χ1n) is 22.6. The van der Waals surface area contributed by atoms with E-state index in [1.54, 1.807) is 0 Å². The van der Waals surface area contributed by atoms with Crippen molar-refractivity contribution in [1.82, 2.24) is 0 Å². The molecule has 0 aliphatic heterocycles. The molecule has 0 amide bonds. The average Bonchev–Trinajstić information content (AvgIpc) is 3.37. The molecule has 6 aromatic rings. The largest absolute Gasteiger partial charge is 0.471 e. The zero-order chi connectivity index (χ0) is 48.1. The van der Waals surface area contributed by atoms with Crippen LogP contribution in [0.25, 0.3) is 31.3 Å². The molecule has 336 valence electrons. The van der Waals surface area contributed by atoms with Crippen molar-refractivity contribution in [2.24, 2.45) is 0 Å². The standard InChI is InChI=1S/C26H31NO2.2C17H13NO/c1-3-4-5-6-7-8-9-16-21-29-26(28)25(27-2)24(22-17-12-10-13-18-22)23-19-14-11-15-20-23;2*1-13(19)17(18-2)16(14-9-5-3-6-10-14)15-11-7-4-8-12-15/h10-15,17-20H,3-9,16,21H2,1H3;2*3-12H,1H3. The average molecular weight is 884 g/mol. The van der Waals surface area contributed by atoms with E-state index >= 15 is 0 Å². The number of carbonyl (C=O) groups excluding carboxylic acids is 3.